The first-order valence-electron chi connectivity index (χ1n) is 7.88. The third-order valence-electron chi connectivity index (χ3n) is 4.99. The van der Waals surface area contributed by atoms with Crippen molar-refractivity contribution in [2.45, 2.75) is 52.1 Å². The largest absolute Gasteiger partial charge is 0.378 e. The number of methoxy groups -OCH3 is 1. The summed E-state index contributed by atoms with van der Waals surface area (Å²) in [6.07, 6.45) is 2.24. The number of ether oxygens (including phenoxy) is 1. The van der Waals surface area contributed by atoms with Gasteiger partial charge < -0.3 is 9.64 Å². The van der Waals surface area contributed by atoms with E-state index in [1.54, 1.807) is 0 Å². The van der Waals surface area contributed by atoms with Gasteiger partial charge in [0.15, 0.2) is 0 Å². The van der Waals surface area contributed by atoms with E-state index in [-0.39, 0.29) is 5.60 Å². The number of hydrogen-bond donors (Lipinski definition) is 0. The molecular weight excluding hydrogens is 246 g/mol. The maximum atomic E-state index is 5.85. The quantitative estimate of drug-likeness (QED) is 0.805. The molecule has 1 aliphatic rings. The second kappa shape index (κ2) is 6.17. The van der Waals surface area contributed by atoms with Gasteiger partial charge in [-0.2, -0.15) is 0 Å². The summed E-state index contributed by atoms with van der Waals surface area (Å²) in [4.78, 5) is 2.49. The fourth-order valence-electron chi connectivity index (χ4n) is 3.23. The first-order chi connectivity index (χ1) is 9.48. The van der Waals surface area contributed by atoms with Crippen molar-refractivity contribution >= 4 is 5.69 Å². The topological polar surface area (TPSA) is 12.5 Å². The van der Waals surface area contributed by atoms with Gasteiger partial charge in [0, 0.05) is 25.9 Å². The Kier molecular flexibility index (Phi) is 4.74. The highest BCUT2D eigenvalue weighted by molar-refractivity contribution is 5.48. The van der Waals surface area contributed by atoms with Crippen LogP contribution in [-0.2, 0) is 4.74 Å². The zero-order valence-electron chi connectivity index (χ0n) is 13.6. The third-order valence-corrected chi connectivity index (χ3v) is 4.99. The number of piperidine rings is 1. The summed E-state index contributed by atoms with van der Waals surface area (Å²) in [5, 5.41) is 0. The van der Waals surface area contributed by atoms with Gasteiger partial charge in [-0.05, 0) is 42.4 Å². The fraction of sp³-hybridized carbons (Fsp3) is 0.667. The van der Waals surface area contributed by atoms with Crippen LogP contribution in [0.3, 0.4) is 0 Å². The van der Waals surface area contributed by atoms with Gasteiger partial charge in [-0.25, -0.2) is 0 Å². The zero-order chi connectivity index (χ0) is 14.8. The van der Waals surface area contributed by atoms with Gasteiger partial charge in [0.25, 0.3) is 0 Å². The third kappa shape index (κ3) is 3.01. The predicted molar refractivity (Wildman–Crippen MR) is 86.6 cm³/mol. The molecular formula is C18H29NO. The van der Waals surface area contributed by atoms with E-state index in [9.17, 15) is 0 Å². The number of rotatable bonds is 4. The Hall–Kier alpha value is -1.02. The molecule has 0 bridgehead atoms. The number of hydrogen-bond acceptors (Lipinski definition) is 2. The van der Waals surface area contributed by atoms with Gasteiger partial charge in [-0.15, -0.1) is 0 Å². The molecule has 0 atom stereocenters. The molecule has 0 amide bonds. The first-order valence-corrected chi connectivity index (χ1v) is 7.88. The molecule has 1 fully saturated rings. The van der Waals surface area contributed by atoms with Gasteiger partial charge in [-0.1, -0.05) is 39.8 Å². The Morgan fingerprint density at radius 1 is 1.00 bits per heavy atom. The molecule has 1 saturated heterocycles. The summed E-state index contributed by atoms with van der Waals surface area (Å²) in [7, 11) is 1.87. The fourth-order valence-corrected chi connectivity index (χ4v) is 3.23. The van der Waals surface area contributed by atoms with E-state index >= 15 is 0 Å². The summed E-state index contributed by atoms with van der Waals surface area (Å²) < 4.78 is 5.85. The van der Waals surface area contributed by atoms with Gasteiger partial charge >= 0.3 is 0 Å². The lowest BCUT2D eigenvalue weighted by Gasteiger charge is -2.44. The first kappa shape index (κ1) is 15.4. The molecule has 0 aliphatic carbocycles. The molecule has 0 saturated carbocycles. The molecule has 0 aromatic heterocycles. The van der Waals surface area contributed by atoms with Crippen LogP contribution in [0.2, 0.25) is 0 Å². The average molecular weight is 275 g/mol. The Labute approximate surface area is 124 Å². The van der Waals surface area contributed by atoms with Crippen molar-refractivity contribution in [2.24, 2.45) is 5.92 Å². The molecule has 0 unspecified atom stereocenters. The van der Waals surface area contributed by atoms with Crippen molar-refractivity contribution in [1.82, 2.24) is 0 Å². The van der Waals surface area contributed by atoms with Gasteiger partial charge in [-0.3, -0.25) is 0 Å². The zero-order valence-corrected chi connectivity index (χ0v) is 13.6. The summed E-state index contributed by atoms with van der Waals surface area (Å²) in [5.41, 5.74) is 2.84. The summed E-state index contributed by atoms with van der Waals surface area (Å²) in [6.45, 7) is 11.2. The second-order valence-electron chi connectivity index (χ2n) is 6.66. The summed E-state index contributed by atoms with van der Waals surface area (Å²) >= 11 is 0. The van der Waals surface area contributed by atoms with Gasteiger partial charge in [0.2, 0.25) is 0 Å². The lowest BCUT2D eigenvalue weighted by Crippen LogP contribution is -2.48. The molecule has 20 heavy (non-hydrogen) atoms. The van der Waals surface area contributed by atoms with E-state index in [4.69, 9.17) is 4.74 Å². The maximum absolute atomic E-state index is 5.85. The number of anilines is 1. The predicted octanol–water partition coefficient (Wildman–Crippen LogP) is 4.45. The average Bonchev–Trinajstić information content (AvgIpc) is 2.47. The van der Waals surface area contributed by atoms with Gasteiger partial charge in [0.05, 0.1) is 5.60 Å². The Morgan fingerprint density at radius 2 is 1.55 bits per heavy atom. The van der Waals surface area contributed by atoms with Crippen LogP contribution in [0, 0.1) is 5.92 Å². The molecule has 0 spiro atoms. The Morgan fingerprint density at radius 3 is 1.95 bits per heavy atom. The highest BCUT2D eigenvalue weighted by Crippen LogP contribution is 2.34. The minimum atomic E-state index is 0.0778. The van der Waals surface area contributed by atoms with Crippen LogP contribution in [0.25, 0.3) is 0 Å². The molecule has 2 nitrogen and oxygen atoms in total. The van der Waals surface area contributed by atoms with Crippen LogP contribution in [0.1, 0.15) is 52.0 Å². The van der Waals surface area contributed by atoms with E-state index in [0.717, 1.165) is 25.9 Å². The van der Waals surface area contributed by atoms with Crippen molar-refractivity contribution in [3.05, 3.63) is 29.8 Å². The summed E-state index contributed by atoms with van der Waals surface area (Å²) in [5.74, 6) is 1.19. The Balaban J connectivity index is 2.03. The molecule has 1 aromatic carbocycles. The van der Waals surface area contributed by atoms with Crippen LogP contribution >= 0.6 is 0 Å². The van der Waals surface area contributed by atoms with Crippen molar-refractivity contribution in [3.8, 4) is 0 Å². The number of benzene rings is 1. The van der Waals surface area contributed by atoms with Crippen molar-refractivity contribution in [3.63, 3.8) is 0 Å². The highest BCUT2D eigenvalue weighted by atomic mass is 16.5. The molecule has 112 valence electrons. The van der Waals surface area contributed by atoms with Crippen molar-refractivity contribution in [2.75, 3.05) is 25.1 Å². The van der Waals surface area contributed by atoms with Crippen LogP contribution in [0.4, 0.5) is 5.69 Å². The molecule has 0 N–H and O–H groups in total. The highest BCUT2D eigenvalue weighted by Gasteiger charge is 2.37. The summed E-state index contributed by atoms with van der Waals surface area (Å²) in [6, 6.07) is 9.07. The maximum Gasteiger partial charge on any atom is 0.0735 e. The SMILES string of the molecule is COC1(C(C)C)CCN(c2ccc(C(C)C)cc2)CC1. The normalized spacial score (nSPS) is 18.9. The second-order valence-corrected chi connectivity index (χ2v) is 6.66. The molecule has 2 rings (SSSR count). The molecule has 0 radical (unpaired) electrons. The minimum absolute atomic E-state index is 0.0778. The van der Waals surface area contributed by atoms with Crippen LogP contribution < -0.4 is 4.90 Å². The smallest absolute Gasteiger partial charge is 0.0735 e. The van der Waals surface area contributed by atoms with E-state index in [1.165, 1.54) is 11.3 Å². The van der Waals surface area contributed by atoms with Crippen LogP contribution in [-0.4, -0.2) is 25.8 Å². The van der Waals surface area contributed by atoms with E-state index in [0.29, 0.717) is 11.8 Å². The van der Waals surface area contributed by atoms with Crippen LogP contribution in [0.5, 0.6) is 0 Å². The van der Waals surface area contributed by atoms with E-state index < -0.39 is 0 Å². The monoisotopic (exact) mass is 275 g/mol. The van der Waals surface area contributed by atoms with Crippen LogP contribution in [0.15, 0.2) is 24.3 Å². The lowest BCUT2D eigenvalue weighted by atomic mass is 9.81. The van der Waals surface area contributed by atoms with E-state index in [1.807, 2.05) is 7.11 Å². The van der Waals surface area contributed by atoms with Gasteiger partial charge in [0.1, 0.15) is 0 Å². The van der Waals surface area contributed by atoms with E-state index in [2.05, 4.69) is 56.9 Å². The molecule has 2 heteroatoms. The molecule has 1 heterocycles. The standard InChI is InChI=1S/C18H29NO/c1-14(2)16-6-8-17(9-7-16)19-12-10-18(20-5,11-13-19)15(3)4/h6-9,14-15H,10-13H2,1-5H3. The van der Waals surface area contributed by atoms with Crippen molar-refractivity contribution < 1.29 is 4.74 Å². The molecule has 1 aromatic rings. The Bertz CT molecular complexity index is 414. The van der Waals surface area contributed by atoms with Crippen molar-refractivity contribution in [1.29, 1.82) is 0 Å². The lowest BCUT2D eigenvalue weighted by molar-refractivity contribution is -0.0650. The number of nitrogens with zero attached hydrogens (tertiary/aromatic N) is 1. The molecule has 1 aliphatic heterocycles. The minimum Gasteiger partial charge on any atom is -0.378 e.